The van der Waals surface area contributed by atoms with E-state index in [1.165, 1.54) is 0 Å². The Morgan fingerprint density at radius 1 is 1.29 bits per heavy atom. The molecule has 5 heteroatoms. The number of carbonyl (C=O) groups is 1. The van der Waals surface area contributed by atoms with Gasteiger partial charge in [0.1, 0.15) is 12.4 Å². The Bertz CT molecular complexity index is 565. The summed E-state index contributed by atoms with van der Waals surface area (Å²) in [5, 5.41) is 12.2. The van der Waals surface area contributed by atoms with Crippen LogP contribution in [0.3, 0.4) is 0 Å². The number of carbonyl (C=O) groups excluding carboxylic acids is 1. The summed E-state index contributed by atoms with van der Waals surface area (Å²) in [6, 6.07) is 12.6. The van der Waals surface area contributed by atoms with Crippen molar-refractivity contribution in [2.45, 2.75) is 19.1 Å². The molecule has 0 saturated heterocycles. The second-order valence-electron chi connectivity index (χ2n) is 4.74. The van der Waals surface area contributed by atoms with Crippen LogP contribution in [-0.4, -0.2) is 30.8 Å². The molecule has 1 aromatic heterocycles. The first-order valence-electron chi connectivity index (χ1n) is 6.76. The highest BCUT2D eigenvalue weighted by Gasteiger charge is 2.16. The van der Waals surface area contributed by atoms with Gasteiger partial charge < -0.3 is 19.6 Å². The molecule has 0 aliphatic rings. The first-order chi connectivity index (χ1) is 10.2. The highest BCUT2D eigenvalue weighted by molar-refractivity contribution is 5.91. The molecule has 2 rings (SSSR count). The van der Waals surface area contributed by atoms with Gasteiger partial charge in [-0.3, -0.25) is 4.79 Å². The number of amides is 1. The van der Waals surface area contributed by atoms with Crippen LogP contribution in [0.15, 0.2) is 46.9 Å². The van der Waals surface area contributed by atoms with Crippen molar-refractivity contribution in [2.75, 3.05) is 13.7 Å². The van der Waals surface area contributed by atoms with E-state index in [0.717, 1.165) is 5.56 Å². The molecule has 0 spiro atoms. The van der Waals surface area contributed by atoms with E-state index in [4.69, 9.17) is 9.15 Å². The molecule has 1 atom stereocenters. The van der Waals surface area contributed by atoms with Crippen LogP contribution in [0.1, 0.15) is 21.9 Å². The molecule has 112 valence electrons. The zero-order valence-corrected chi connectivity index (χ0v) is 11.9. The molecule has 0 aliphatic heterocycles. The number of ether oxygens (including phenoxy) is 1. The fourth-order valence-electron chi connectivity index (χ4n) is 2.04. The molecule has 1 amide bonds. The second kappa shape index (κ2) is 7.61. The van der Waals surface area contributed by atoms with E-state index in [0.29, 0.717) is 18.8 Å². The van der Waals surface area contributed by atoms with Gasteiger partial charge in [0.2, 0.25) is 0 Å². The summed E-state index contributed by atoms with van der Waals surface area (Å²) in [6.45, 7) is 0.187. The Kier molecular flexibility index (Phi) is 5.54. The minimum atomic E-state index is -0.351. The molecule has 0 radical (unpaired) electrons. The smallest absolute Gasteiger partial charge is 0.287 e. The molecule has 21 heavy (non-hydrogen) atoms. The molecule has 2 N–H and O–H groups in total. The van der Waals surface area contributed by atoms with Crippen LogP contribution < -0.4 is 5.32 Å². The van der Waals surface area contributed by atoms with Crippen LogP contribution in [-0.2, 0) is 17.8 Å². The molecule has 0 fully saturated rings. The fourth-order valence-corrected chi connectivity index (χ4v) is 2.04. The number of aliphatic hydroxyl groups is 1. The predicted molar refractivity (Wildman–Crippen MR) is 77.9 cm³/mol. The highest BCUT2D eigenvalue weighted by atomic mass is 16.5. The monoisotopic (exact) mass is 289 g/mol. The van der Waals surface area contributed by atoms with E-state index in [9.17, 15) is 9.90 Å². The quantitative estimate of drug-likeness (QED) is 0.814. The van der Waals surface area contributed by atoms with Crippen LogP contribution in [0.4, 0.5) is 0 Å². The minimum Gasteiger partial charge on any atom is -0.453 e. The number of furan rings is 1. The van der Waals surface area contributed by atoms with Crippen LogP contribution in [0.5, 0.6) is 0 Å². The fraction of sp³-hybridized carbons (Fsp3) is 0.312. The van der Waals surface area contributed by atoms with Crippen molar-refractivity contribution >= 4 is 5.91 Å². The summed E-state index contributed by atoms with van der Waals surface area (Å²) in [5.74, 6) is 0.465. The number of rotatable bonds is 7. The summed E-state index contributed by atoms with van der Waals surface area (Å²) in [6.07, 6.45) is 0.564. The van der Waals surface area contributed by atoms with Crippen molar-refractivity contribution in [3.63, 3.8) is 0 Å². The van der Waals surface area contributed by atoms with E-state index in [-0.39, 0.29) is 24.3 Å². The van der Waals surface area contributed by atoms with Crippen LogP contribution in [0, 0.1) is 0 Å². The molecule has 1 heterocycles. The standard InChI is InChI=1S/C16H19NO4/c1-20-11-14-7-8-15(21-14)16(19)17-13(10-18)9-12-5-3-2-4-6-12/h2-8,13,18H,9-11H2,1H3,(H,17,19)/t13-/m0/s1. The number of methoxy groups -OCH3 is 1. The van der Waals surface area contributed by atoms with E-state index in [1.54, 1.807) is 19.2 Å². The lowest BCUT2D eigenvalue weighted by Gasteiger charge is -2.15. The lowest BCUT2D eigenvalue weighted by Crippen LogP contribution is -2.38. The molecule has 1 aromatic carbocycles. The number of nitrogens with one attached hydrogen (secondary N) is 1. The van der Waals surface area contributed by atoms with Gasteiger partial charge in [0, 0.05) is 7.11 Å². The van der Waals surface area contributed by atoms with Crippen molar-refractivity contribution in [3.8, 4) is 0 Å². The summed E-state index contributed by atoms with van der Waals surface area (Å²) in [7, 11) is 1.56. The lowest BCUT2D eigenvalue weighted by molar-refractivity contribution is 0.0880. The zero-order valence-electron chi connectivity index (χ0n) is 11.9. The largest absolute Gasteiger partial charge is 0.453 e. The maximum Gasteiger partial charge on any atom is 0.287 e. The molecule has 5 nitrogen and oxygen atoms in total. The van der Waals surface area contributed by atoms with Crippen molar-refractivity contribution < 1.29 is 19.1 Å². The number of benzene rings is 1. The molecule has 0 bridgehead atoms. The Morgan fingerprint density at radius 2 is 2.05 bits per heavy atom. The Morgan fingerprint density at radius 3 is 2.71 bits per heavy atom. The third kappa shape index (κ3) is 4.44. The molecule has 2 aromatic rings. The van der Waals surface area contributed by atoms with Gasteiger partial charge in [0.15, 0.2) is 5.76 Å². The minimum absolute atomic E-state index is 0.133. The Hall–Kier alpha value is -2.11. The topological polar surface area (TPSA) is 71.7 Å². The van der Waals surface area contributed by atoms with Crippen LogP contribution in [0.25, 0.3) is 0 Å². The molecule has 0 unspecified atom stereocenters. The number of aliphatic hydroxyl groups excluding tert-OH is 1. The van der Waals surface area contributed by atoms with Crippen molar-refractivity contribution in [3.05, 3.63) is 59.5 Å². The molecular formula is C16H19NO4. The van der Waals surface area contributed by atoms with Crippen molar-refractivity contribution in [2.24, 2.45) is 0 Å². The van der Waals surface area contributed by atoms with E-state index in [2.05, 4.69) is 5.32 Å². The lowest BCUT2D eigenvalue weighted by atomic mass is 10.1. The normalized spacial score (nSPS) is 12.1. The zero-order chi connectivity index (χ0) is 15.1. The third-order valence-electron chi connectivity index (χ3n) is 3.05. The van der Waals surface area contributed by atoms with Crippen LogP contribution in [0.2, 0.25) is 0 Å². The predicted octanol–water partition coefficient (Wildman–Crippen LogP) is 1.76. The molecule has 0 saturated carbocycles. The number of hydrogen-bond acceptors (Lipinski definition) is 4. The number of hydrogen-bond donors (Lipinski definition) is 2. The van der Waals surface area contributed by atoms with Gasteiger partial charge >= 0.3 is 0 Å². The summed E-state index contributed by atoms with van der Waals surface area (Å²) in [4.78, 5) is 12.1. The molecular weight excluding hydrogens is 270 g/mol. The van der Waals surface area contributed by atoms with Gasteiger partial charge in [-0.05, 0) is 24.1 Å². The van der Waals surface area contributed by atoms with Gasteiger partial charge in [-0.1, -0.05) is 30.3 Å². The van der Waals surface area contributed by atoms with Gasteiger partial charge in [-0.2, -0.15) is 0 Å². The Balaban J connectivity index is 1.95. The summed E-state index contributed by atoms with van der Waals surface area (Å²) >= 11 is 0. The van der Waals surface area contributed by atoms with Crippen molar-refractivity contribution in [1.29, 1.82) is 0 Å². The maximum absolute atomic E-state index is 12.1. The van der Waals surface area contributed by atoms with E-state index in [1.807, 2.05) is 30.3 Å². The van der Waals surface area contributed by atoms with Crippen molar-refractivity contribution in [1.82, 2.24) is 5.32 Å². The van der Waals surface area contributed by atoms with E-state index < -0.39 is 0 Å². The maximum atomic E-state index is 12.1. The van der Waals surface area contributed by atoms with E-state index >= 15 is 0 Å². The summed E-state index contributed by atoms with van der Waals surface area (Å²) in [5.41, 5.74) is 1.05. The Labute approximate surface area is 123 Å². The summed E-state index contributed by atoms with van der Waals surface area (Å²) < 4.78 is 10.3. The highest BCUT2D eigenvalue weighted by Crippen LogP contribution is 2.10. The first-order valence-corrected chi connectivity index (χ1v) is 6.76. The third-order valence-corrected chi connectivity index (χ3v) is 3.05. The SMILES string of the molecule is COCc1ccc(C(=O)N[C@H](CO)Cc2ccccc2)o1. The van der Waals surface area contributed by atoms with Gasteiger partial charge in [0.25, 0.3) is 5.91 Å². The average molecular weight is 289 g/mol. The van der Waals surface area contributed by atoms with Gasteiger partial charge in [-0.25, -0.2) is 0 Å². The van der Waals surface area contributed by atoms with Gasteiger partial charge in [0.05, 0.1) is 12.6 Å². The first kappa shape index (κ1) is 15.3. The van der Waals surface area contributed by atoms with Gasteiger partial charge in [-0.15, -0.1) is 0 Å². The second-order valence-corrected chi connectivity index (χ2v) is 4.74. The van der Waals surface area contributed by atoms with Crippen LogP contribution >= 0.6 is 0 Å². The average Bonchev–Trinajstić information content (AvgIpc) is 2.97. The molecule has 0 aliphatic carbocycles.